The van der Waals surface area contributed by atoms with Crippen LogP contribution in [0.3, 0.4) is 0 Å². The van der Waals surface area contributed by atoms with E-state index in [1.54, 1.807) is 11.8 Å². The predicted octanol–water partition coefficient (Wildman–Crippen LogP) is 1.24. The largest absolute Gasteiger partial charge is 0.394 e. The van der Waals surface area contributed by atoms with Gasteiger partial charge < -0.3 is 45.5 Å². The summed E-state index contributed by atoms with van der Waals surface area (Å²) in [4.78, 5) is 34.3. The molecule has 12 nitrogen and oxygen atoms in total. The van der Waals surface area contributed by atoms with E-state index in [1.165, 1.54) is 24.8 Å². The number of carbonyl (C=O) groups is 2. The minimum atomic E-state index is -1.75. The Balaban J connectivity index is 1.11. The monoisotopic (exact) mass is 691 g/mol. The van der Waals surface area contributed by atoms with Gasteiger partial charge in [0.15, 0.2) is 0 Å². The standard InChI is InChI=1S/C33H46ClN5O7S/c1-36(17-28(41)30(43)31(44)29(42)18-40)33(46)35-12-4-5-21-8-11-24(34)22(15-21)16-37-20-47-19-27(37)32(45)39-14-13-38(23-9-10-23)25-6-2-3-7-26(25)39/h2-3,6-8,11,15,23,27-31,40-44H,4-5,9-10,12-14,16-20H2,1H3,(H,35,46)/t27-,28-,29+,30+,31+/m0/s1. The summed E-state index contributed by atoms with van der Waals surface area (Å²) in [5.74, 6) is 1.61. The summed E-state index contributed by atoms with van der Waals surface area (Å²) in [5, 5.41) is 51.7. The Morgan fingerprint density at radius 3 is 2.49 bits per heavy atom. The molecule has 5 atom stereocenters. The Kier molecular flexibility index (Phi) is 12.3. The van der Waals surface area contributed by atoms with Crippen LogP contribution in [0.5, 0.6) is 0 Å². The van der Waals surface area contributed by atoms with Crippen molar-refractivity contribution in [2.24, 2.45) is 0 Å². The van der Waals surface area contributed by atoms with E-state index in [-0.39, 0.29) is 18.5 Å². The Hall–Kier alpha value is -2.62. The lowest BCUT2D eigenvalue weighted by Crippen LogP contribution is -2.52. The number of amides is 3. The number of aliphatic hydroxyl groups excluding tert-OH is 5. The van der Waals surface area contributed by atoms with Gasteiger partial charge in [-0.1, -0.05) is 35.9 Å². The van der Waals surface area contributed by atoms with Crippen LogP contribution in [-0.2, 0) is 17.8 Å². The molecule has 0 radical (unpaired) electrons. The number of carbonyl (C=O) groups excluding carboxylic acids is 2. The molecule has 6 N–H and O–H groups in total. The Bertz CT molecular complexity index is 1390. The molecule has 2 aliphatic heterocycles. The number of hydrogen-bond acceptors (Lipinski definition) is 10. The number of nitrogens with zero attached hydrogens (tertiary/aromatic N) is 4. The molecular weight excluding hydrogens is 646 g/mol. The number of fused-ring (bicyclic) bond motifs is 1. The number of halogens is 1. The molecule has 1 aliphatic carbocycles. The van der Waals surface area contributed by atoms with Crippen molar-refractivity contribution in [1.82, 2.24) is 15.1 Å². The second-order valence-corrected chi connectivity index (χ2v) is 14.0. The number of aliphatic hydroxyl groups is 5. The van der Waals surface area contributed by atoms with E-state index in [0.717, 1.165) is 40.7 Å². The van der Waals surface area contributed by atoms with Crippen molar-refractivity contribution in [3.05, 3.63) is 58.6 Å². The SMILES string of the molecule is CN(C[C@H](O)[C@@H](O)[C@H](O)[C@H](O)CO)C(=O)NCCCc1ccc(Cl)c(CN2CSC[C@H]2C(=O)N2CCN(C3CC3)c3ccccc32)c1. The third-order valence-electron chi connectivity index (χ3n) is 9.09. The van der Waals surface area contributed by atoms with Crippen molar-refractivity contribution in [2.75, 3.05) is 61.3 Å². The number of benzene rings is 2. The summed E-state index contributed by atoms with van der Waals surface area (Å²) < 4.78 is 0. The summed E-state index contributed by atoms with van der Waals surface area (Å²) in [7, 11) is 1.44. The van der Waals surface area contributed by atoms with Crippen molar-refractivity contribution in [3.63, 3.8) is 0 Å². The first-order valence-corrected chi connectivity index (χ1v) is 17.7. The predicted molar refractivity (Wildman–Crippen MR) is 183 cm³/mol. The van der Waals surface area contributed by atoms with E-state index < -0.39 is 37.1 Å². The van der Waals surface area contributed by atoms with Crippen LogP contribution >= 0.6 is 23.4 Å². The van der Waals surface area contributed by atoms with Crippen LogP contribution in [0.15, 0.2) is 42.5 Å². The topological polar surface area (TPSA) is 160 Å². The van der Waals surface area contributed by atoms with Crippen molar-refractivity contribution < 1.29 is 35.1 Å². The first-order chi connectivity index (χ1) is 22.6. The van der Waals surface area contributed by atoms with Crippen molar-refractivity contribution in [3.8, 4) is 0 Å². The van der Waals surface area contributed by atoms with Crippen LogP contribution in [0.25, 0.3) is 0 Å². The van der Waals surface area contributed by atoms with Gasteiger partial charge in [0.1, 0.15) is 24.4 Å². The summed E-state index contributed by atoms with van der Waals surface area (Å²) in [6, 6.07) is 14.0. The number of thioether (sulfide) groups is 1. The zero-order valence-electron chi connectivity index (χ0n) is 26.6. The summed E-state index contributed by atoms with van der Waals surface area (Å²) in [6.07, 6.45) is -2.88. The molecule has 3 aliphatic rings. The van der Waals surface area contributed by atoms with Gasteiger partial charge in [-0.2, -0.15) is 0 Å². The Morgan fingerprint density at radius 1 is 1.04 bits per heavy atom. The van der Waals surface area contributed by atoms with Gasteiger partial charge >= 0.3 is 6.03 Å². The molecule has 2 aromatic carbocycles. The van der Waals surface area contributed by atoms with Crippen LogP contribution in [-0.4, -0.2) is 135 Å². The van der Waals surface area contributed by atoms with Gasteiger partial charge in [0.25, 0.3) is 0 Å². The lowest BCUT2D eigenvalue weighted by Gasteiger charge is -2.39. The molecule has 2 aromatic rings. The van der Waals surface area contributed by atoms with Gasteiger partial charge in [-0.25, -0.2) is 4.79 Å². The molecule has 5 rings (SSSR count). The van der Waals surface area contributed by atoms with Gasteiger partial charge in [-0.15, -0.1) is 11.8 Å². The third kappa shape index (κ3) is 8.70. The average molecular weight is 692 g/mol. The molecule has 47 heavy (non-hydrogen) atoms. The van der Waals surface area contributed by atoms with Crippen LogP contribution < -0.4 is 15.1 Å². The maximum Gasteiger partial charge on any atom is 0.317 e. The molecule has 2 fully saturated rings. The Morgan fingerprint density at radius 2 is 1.77 bits per heavy atom. The summed E-state index contributed by atoms with van der Waals surface area (Å²) >= 11 is 8.40. The van der Waals surface area contributed by atoms with Crippen LogP contribution in [0.4, 0.5) is 16.2 Å². The lowest BCUT2D eigenvalue weighted by molar-refractivity contribution is -0.122. The molecule has 3 amide bonds. The van der Waals surface area contributed by atoms with Gasteiger partial charge in [0.2, 0.25) is 5.91 Å². The molecule has 0 bridgehead atoms. The second kappa shape index (κ2) is 16.2. The van der Waals surface area contributed by atoms with E-state index in [0.29, 0.717) is 43.5 Å². The minimum Gasteiger partial charge on any atom is -0.394 e. The van der Waals surface area contributed by atoms with Gasteiger partial charge in [0, 0.05) is 55.9 Å². The molecule has 0 unspecified atom stereocenters. The van der Waals surface area contributed by atoms with Crippen molar-refractivity contribution in [2.45, 2.75) is 68.7 Å². The molecule has 1 saturated heterocycles. The van der Waals surface area contributed by atoms with Crippen molar-refractivity contribution >= 4 is 46.7 Å². The highest BCUT2D eigenvalue weighted by atomic mass is 35.5. The third-order valence-corrected chi connectivity index (χ3v) is 10.5. The average Bonchev–Trinajstić information content (AvgIpc) is 3.83. The minimum absolute atomic E-state index is 0.131. The maximum atomic E-state index is 14.0. The molecule has 0 spiro atoms. The molecule has 2 heterocycles. The molecule has 1 saturated carbocycles. The van der Waals surface area contributed by atoms with Gasteiger partial charge in [-0.05, 0) is 55.0 Å². The fourth-order valence-electron chi connectivity index (χ4n) is 6.20. The first kappa shape index (κ1) is 35.7. The summed E-state index contributed by atoms with van der Waals surface area (Å²) in [6.45, 7) is 1.39. The number of urea groups is 1. The van der Waals surface area contributed by atoms with Crippen LogP contribution in [0.2, 0.25) is 5.02 Å². The molecular formula is C33H46ClN5O7S. The number of nitrogens with one attached hydrogen (secondary N) is 1. The van der Waals surface area contributed by atoms with E-state index >= 15 is 0 Å². The van der Waals surface area contributed by atoms with Crippen LogP contribution in [0.1, 0.15) is 30.4 Å². The normalized spacial score (nSPS) is 20.8. The number of rotatable bonds is 14. The highest BCUT2D eigenvalue weighted by molar-refractivity contribution is 7.99. The first-order valence-electron chi connectivity index (χ1n) is 16.2. The second-order valence-electron chi connectivity index (χ2n) is 12.6. The number of para-hydroxylation sites is 2. The zero-order chi connectivity index (χ0) is 33.7. The number of likely N-dealkylation sites (N-methyl/N-ethyl adjacent to an activating group) is 1. The van der Waals surface area contributed by atoms with E-state index in [4.69, 9.17) is 16.7 Å². The van der Waals surface area contributed by atoms with Crippen molar-refractivity contribution in [1.29, 1.82) is 0 Å². The van der Waals surface area contributed by atoms with E-state index in [2.05, 4.69) is 33.3 Å². The number of hydrogen-bond donors (Lipinski definition) is 6. The van der Waals surface area contributed by atoms with Gasteiger partial charge in [-0.3, -0.25) is 9.69 Å². The van der Waals surface area contributed by atoms with E-state index in [1.807, 2.05) is 29.2 Å². The maximum absolute atomic E-state index is 14.0. The van der Waals surface area contributed by atoms with Gasteiger partial charge in [0.05, 0.1) is 30.6 Å². The number of aryl methyl sites for hydroxylation is 1. The fourth-order valence-corrected chi connectivity index (χ4v) is 7.56. The van der Waals surface area contributed by atoms with Crippen LogP contribution in [0, 0.1) is 0 Å². The zero-order valence-corrected chi connectivity index (χ0v) is 28.2. The quantitative estimate of drug-likeness (QED) is 0.159. The molecule has 14 heteroatoms. The highest BCUT2D eigenvalue weighted by Crippen LogP contribution is 2.40. The summed E-state index contributed by atoms with van der Waals surface area (Å²) in [5.41, 5.74) is 4.16. The van der Waals surface area contributed by atoms with E-state index in [9.17, 15) is 30.0 Å². The fraction of sp³-hybridized carbons (Fsp3) is 0.576. The highest BCUT2D eigenvalue weighted by Gasteiger charge is 2.40. The molecule has 0 aromatic heterocycles. The smallest absolute Gasteiger partial charge is 0.317 e. The Labute approximate surface area is 284 Å². The lowest BCUT2D eigenvalue weighted by atomic mass is 10.0. The molecule has 258 valence electrons. The number of anilines is 2.